The molecular weight excluding hydrogens is 338 g/mol. The van der Waals surface area contributed by atoms with Crippen LogP contribution in [0.15, 0.2) is 42.5 Å². The molecule has 1 aliphatic heterocycles. The molecule has 4 nitrogen and oxygen atoms in total. The van der Waals surface area contributed by atoms with Gasteiger partial charge < -0.3 is 10.2 Å². The number of nitrogens with zero attached hydrogens (tertiary/aromatic N) is 1. The molecule has 1 heterocycles. The van der Waals surface area contributed by atoms with Crippen molar-refractivity contribution in [2.24, 2.45) is 0 Å². The quantitative estimate of drug-likeness (QED) is 0.924. The lowest BCUT2D eigenvalue weighted by Crippen LogP contribution is -2.38. The number of hydrogen-bond acceptors (Lipinski definition) is 2. The van der Waals surface area contributed by atoms with Crippen LogP contribution in [0.25, 0.3) is 0 Å². The molecule has 0 bridgehead atoms. The molecule has 1 fully saturated rings. The minimum atomic E-state index is -0.939. The minimum absolute atomic E-state index is 0.0600. The zero-order valence-electron chi connectivity index (χ0n) is 12.4. The van der Waals surface area contributed by atoms with E-state index in [1.807, 2.05) is 0 Å². The number of carbonyl (C=O) groups is 2. The van der Waals surface area contributed by atoms with Gasteiger partial charge in [-0.15, -0.1) is 0 Å². The second-order valence-electron chi connectivity index (χ2n) is 5.45. The largest absolute Gasteiger partial charge is 0.347 e. The van der Waals surface area contributed by atoms with Crippen molar-refractivity contribution in [1.82, 2.24) is 5.32 Å². The Morgan fingerprint density at radius 3 is 2.38 bits per heavy atom. The van der Waals surface area contributed by atoms with Crippen molar-refractivity contribution in [3.05, 3.63) is 64.7 Å². The molecule has 2 aromatic rings. The summed E-state index contributed by atoms with van der Waals surface area (Å²) in [5.41, 5.74) is 0.00751. The standard InChI is InChI=1S/C17H13ClF2N2O2/c18-10-4-6-12(7-5-10)22-9-11(8-15(22)23)21-17(24)16-13(19)2-1-3-14(16)20/h1-7,11H,8-9H2,(H,21,24)/t11-/m1/s1. The Hall–Kier alpha value is -2.47. The number of benzene rings is 2. The maximum atomic E-state index is 13.6. The van der Waals surface area contributed by atoms with Crippen molar-refractivity contribution in [1.29, 1.82) is 0 Å². The summed E-state index contributed by atoms with van der Waals surface area (Å²) in [6.45, 7) is 0.224. The fourth-order valence-corrected chi connectivity index (χ4v) is 2.77. The molecule has 1 aliphatic rings. The predicted octanol–water partition coefficient (Wildman–Crippen LogP) is 3.15. The Morgan fingerprint density at radius 1 is 1.12 bits per heavy atom. The van der Waals surface area contributed by atoms with Gasteiger partial charge in [0, 0.05) is 23.7 Å². The van der Waals surface area contributed by atoms with Crippen LogP contribution >= 0.6 is 11.6 Å². The van der Waals surface area contributed by atoms with Crippen molar-refractivity contribution in [2.75, 3.05) is 11.4 Å². The molecule has 0 radical (unpaired) electrons. The van der Waals surface area contributed by atoms with Crippen LogP contribution in [-0.2, 0) is 4.79 Å². The van der Waals surface area contributed by atoms with E-state index in [-0.39, 0.29) is 18.9 Å². The van der Waals surface area contributed by atoms with Crippen molar-refractivity contribution in [3.8, 4) is 0 Å². The molecule has 0 aliphatic carbocycles. The molecule has 7 heteroatoms. The van der Waals surface area contributed by atoms with Gasteiger partial charge in [-0.2, -0.15) is 0 Å². The lowest BCUT2D eigenvalue weighted by atomic mass is 10.1. The minimum Gasteiger partial charge on any atom is -0.347 e. The molecule has 0 saturated carbocycles. The van der Waals surface area contributed by atoms with Gasteiger partial charge in [0.05, 0.1) is 6.04 Å². The van der Waals surface area contributed by atoms with Crippen LogP contribution in [0.2, 0.25) is 5.02 Å². The third kappa shape index (κ3) is 3.23. The van der Waals surface area contributed by atoms with Crippen LogP contribution in [0.4, 0.5) is 14.5 Å². The fraction of sp³-hybridized carbons (Fsp3) is 0.176. The van der Waals surface area contributed by atoms with Crippen LogP contribution in [0.5, 0.6) is 0 Å². The Kier molecular flexibility index (Phi) is 4.49. The maximum Gasteiger partial charge on any atom is 0.257 e. The van der Waals surface area contributed by atoms with Crippen LogP contribution < -0.4 is 10.2 Å². The van der Waals surface area contributed by atoms with Gasteiger partial charge in [-0.25, -0.2) is 8.78 Å². The second kappa shape index (κ2) is 6.57. The molecule has 0 unspecified atom stereocenters. The molecule has 1 N–H and O–H groups in total. The first-order valence-corrected chi connectivity index (χ1v) is 7.64. The lowest BCUT2D eigenvalue weighted by Gasteiger charge is -2.17. The van der Waals surface area contributed by atoms with Crippen LogP contribution in [0, 0.1) is 11.6 Å². The van der Waals surface area contributed by atoms with E-state index in [1.54, 1.807) is 24.3 Å². The van der Waals surface area contributed by atoms with Crippen molar-refractivity contribution in [3.63, 3.8) is 0 Å². The molecule has 0 aromatic heterocycles. The summed E-state index contributed by atoms with van der Waals surface area (Å²) in [5.74, 6) is -2.93. The summed E-state index contributed by atoms with van der Waals surface area (Å²) >= 11 is 5.82. The van der Waals surface area contributed by atoms with Crippen LogP contribution in [-0.4, -0.2) is 24.4 Å². The Labute approximate surface area is 142 Å². The molecule has 1 saturated heterocycles. The van der Waals surface area contributed by atoms with Gasteiger partial charge >= 0.3 is 0 Å². The maximum absolute atomic E-state index is 13.6. The first-order valence-electron chi connectivity index (χ1n) is 7.26. The first-order chi connectivity index (χ1) is 11.5. The highest BCUT2D eigenvalue weighted by atomic mass is 35.5. The fourth-order valence-electron chi connectivity index (χ4n) is 2.65. The highest BCUT2D eigenvalue weighted by molar-refractivity contribution is 6.30. The van der Waals surface area contributed by atoms with Crippen molar-refractivity contribution >= 4 is 29.1 Å². The molecule has 1 atom stereocenters. The average Bonchev–Trinajstić information content (AvgIpc) is 2.88. The van der Waals surface area contributed by atoms with Crippen molar-refractivity contribution < 1.29 is 18.4 Å². The van der Waals surface area contributed by atoms with E-state index in [4.69, 9.17) is 11.6 Å². The summed E-state index contributed by atoms with van der Waals surface area (Å²) in [4.78, 5) is 25.7. The van der Waals surface area contributed by atoms with E-state index in [1.165, 1.54) is 11.0 Å². The SMILES string of the molecule is O=C(N[C@@H]1CC(=O)N(c2ccc(Cl)cc2)C1)c1c(F)cccc1F. The topological polar surface area (TPSA) is 49.4 Å². The Morgan fingerprint density at radius 2 is 1.75 bits per heavy atom. The molecule has 3 rings (SSSR count). The number of nitrogens with one attached hydrogen (secondary N) is 1. The molecule has 124 valence electrons. The third-order valence-corrected chi connectivity index (χ3v) is 4.04. The van der Waals surface area contributed by atoms with E-state index < -0.39 is 29.1 Å². The van der Waals surface area contributed by atoms with E-state index in [2.05, 4.69) is 5.32 Å². The summed E-state index contributed by atoms with van der Waals surface area (Å²) in [6, 6.07) is 9.38. The molecule has 2 aromatic carbocycles. The van der Waals surface area contributed by atoms with Gasteiger partial charge in [-0.3, -0.25) is 9.59 Å². The summed E-state index contributed by atoms with van der Waals surface area (Å²) < 4.78 is 27.3. The highest BCUT2D eigenvalue weighted by Gasteiger charge is 2.32. The average molecular weight is 351 g/mol. The van der Waals surface area contributed by atoms with Crippen molar-refractivity contribution in [2.45, 2.75) is 12.5 Å². The molecule has 0 spiro atoms. The van der Waals surface area contributed by atoms with E-state index in [9.17, 15) is 18.4 Å². The number of amides is 2. The highest BCUT2D eigenvalue weighted by Crippen LogP contribution is 2.23. The number of carbonyl (C=O) groups excluding carboxylic acids is 2. The lowest BCUT2D eigenvalue weighted by molar-refractivity contribution is -0.117. The van der Waals surface area contributed by atoms with Gasteiger partial charge in [-0.05, 0) is 36.4 Å². The number of hydrogen-bond donors (Lipinski definition) is 1. The van der Waals surface area contributed by atoms with Gasteiger partial charge in [0.15, 0.2) is 0 Å². The summed E-state index contributed by atoms with van der Waals surface area (Å²) in [5, 5.41) is 3.06. The molecule has 24 heavy (non-hydrogen) atoms. The van der Waals surface area contributed by atoms with Gasteiger partial charge in [0.2, 0.25) is 5.91 Å². The summed E-state index contributed by atoms with van der Waals surface area (Å²) in [7, 11) is 0. The molecular formula is C17H13ClF2N2O2. The van der Waals surface area contributed by atoms with Crippen LogP contribution in [0.1, 0.15) is 16.8 Å². The van der Waals surface area contributed by atoms with Crippen LogP contribution in [0.3, 0.4) is 0 Å². The number of rotatable bonds is 3. The Balaban J connectivity index is 1.72. The second-order valence-corrected chi connectivity index (χ2v) is 5.89. The first kappa shape index (κ1) is 16.4. The molecule has 2 amide bonds. The van der Waals surface area contributed by atoms with E-state index >= 15 is 0 Å². The monoisotopic (exact) mass is 350 g/mol. The third-order valence-electron chi connectivity index (χ3n) is 3.79. The zero-order valence-corrected chi connectivity index (χ0v) is 13.2. The van der Waals surface area contributed by atoms with E-state index in [0.29, 0.717) is 10.7 Å². The van der Waals surface area contributed by atoms with Gasteiger partial charge in [0.1, 0.15) is 17.2 Å². The van der Waals surface area contributed by atoms with E-state index in [0.717, 1.165) is 12.1 Å². The number of anilines is 1. The van der Waals surface area contributed by atoms with Gasteiger partial charge in [0.25, 0.3) is 5.91 Å². The zero-order chi connectivity index (χ0) is 17.3. The van der Waals surface area contributed by atoms with Gasteiger partial charge in [-0.1, -0.05) is 17.7 Å². The number of halogens is 3. The smallest absolute Gasteiger partial charge is 0.257 e. The predicted molar refractivity (Wildman–Crippen MR) is 86.0 cm³/mol. The Bertz CT molecular complexity index is 775. The normalized spacial score (nSPS) is 17.2. The summed E-state index contributed by atoms with van der Waals surface area (Å²) in [6.07, 6.45) is 0.0600.